The number of nitrogens with zero attached hydrogens (tertiary/aromatic N) is 2. The Balaban J connectivity index is 1.10. The van der Waals surface area contributed by atoms with E-state index in [2.05, 4.69) is 20.9 Å². The van der Waals surface area contributed by atoms with Crippen molar-refractivity contribution in [2.45, 2.75) is 25.7 Å². The smallest absolute Gasteiger partial charge is 0.240 e. The first-order chi connectivity index (χ1) is 18.8. The molecular formula is C28H23F2N5O4. The number of benzene rings is 2. The fraction of sp³-hybridized carbons (Fsp3) is 0.214. The zero-order chi connectivity index (χ0) is 27.1. The Morgan fingerprint density at radius 1 is 0.872 bits per heavy atom. The number of amides is 3. The van der Waals surface area contributed by atoms with E-state index < -0.39 is 28.9 Å². The lowest BCUT2D eigenvalue weighted by atomic mass is 10.0. The van der Waals surface area contributed by atoms with Crippen molar-refractivity contribution in [3.8, 4) is 11.5 Å². The van der Waals surface area contributed by atoms with Crippen LogP contribution in [0, 0.1) is 23.0 Å². The minimum absolute atomic E-state index is 0.0507. The number of anilines is 3. The van der Waals surface area contributed by atoms with Gasteiger partial charge in [0.25, 0.3) is 0 Å². The molecule has 4 aromatic rings. The van der Waals surface area contributed by atoms with Crippen molar-refractivity contribution in [1.82, 2.24) is 9.38 Å². The lowest BCUT2D eigenvalue weighted by molar-refractivity contribution is -0.131. The van der Waals surface area contributed by atoms with Gasteiger partial charge < -0.3 is 25.1 Å². The summed E-state index contributed by atoms with van der Waals surface area (Å²) in [7, 11) is 0. The molecule has 11 heteroatoms. The average Bonchev–Trinajstić information content (AvgIpc) is 3.83. The lowest BCUT2D eigenvalue weighted by Gasteiger charge is -2.16. The largest absolute Gasteiger partial charge is 0.453 e. The predicted molar refractivity (Wildman–Crippen MR) is 138 cm³/mol. The Hall–Kier alpha value is -4.80. The third-order valence-electron chi connectivity index (χ3n) is 6.76. The molecular weight excluding hydrogens is 508 g/mol. The van der Waals surface area contributed by atoms with Crippen molar-refractivity contribution in [2.75, 3.05) is 16.0 Å². The van der Waals surface area contributed by atoms with Gasteiger partial charge in [0.05, 0.1) is 12.4 Å². The van der Waals surface area contributed by atoms with Crippen molar-refractivity contribution >= 4 is 40.6 Å². The zero-order valence-corrected chi connectivity index (χ0v) is 20.5. The number of carbonyl (C=O) groups is 3. The number of rotatable bonds is 8. The third kappa shape index (κ3) is 5.15. The van der Waals surface area contributed by atoms with Crippen molar-refractivity contribution in [3.63, 3.8) is 0 Å². The molecule has 0 atom stereocenters. The summed E-state index contributed by atoms with van der Waals surface area (Å²) in [5.74, 6) is -1.50. The fourth-order valence-electron chi connectivity index (χ4n) is 4.17. The Morgan fingerprint density at radius 2 is 1.56 bits per heavy atom. The second-order valence-corrected chi connectivity index (χ2v) is 9.76. The number of fused-ring (bicyclic) bond motifs is 1. The van der Waals surface area contributed by atoms with Gasteiger partial charge in [-0.25, -0.2) is 13.8 Å². The maximum absolute atomic E-state index is 14.9. The molecule has 0 saturated heterocycles. The predicted octanol–water partition coefficient (Wildman–Crippen LogP) is 5.11. The van der Waals surface area contributed by atoms with E-state index in [9.17, 15) is 23.2 Å². The van der Waals surface area contributed by atoms with Crippen LogP contribution in [0.3, 0.4) is 0 Å². The molecule has 2 aromatic carbocycles. The molecule has 0 bridgehead atoms. The van der Waals surface area contributed by atoms with Crippen LogP contribution in [-0.4, -0.2) is 27.1 Å². The molecule has 2 aliphatic rings. The van der Waals surface area contributed by atoms with Crippen LogP contribution >= 0.6 is 0 Å². The topological polar surface area (TPSA) is 114 Å². The lowest BCUT2D eigenvalue weighted by Crippen LogP contribution is -2.35. The van der Waals surface area contributed by atoms with Crippen LogP contribution in [0.25, 0.3) is 5.65 Å². The van der Waals surface area contributed by atoms with E-state index in [4.69, 9.17) is 4.74 Å². The minimum atomic E-state index is -1.27. The molecule has 2 aliphatic carbocycles. The van der Waals surface area contributed by atoms with E-state index in [0.717, 1.165) is 18.9 Å². The molecule has 0 unspecified atom stereocenters. The van der Waals surface area contributed by atoms with Crippen LogP contribution in [0.2, 0.25) is 0 Å². The summed E-state index contributed by atoms with van der Waals surface area (Å²) in [4.78, 5) is 41.9. The van der Waals surface area contributed by atoms with E-state index in [1.165, 1.54) is 36.4 Å². The average molecular weight is 532 g/mol. The molecule has 2 aromatic heterocycles. The molecule has 3 amide bonds. The van der Waals surface area contributed by atoms with Gasteiger partial charge in [0.15, 0.2) is 17.4 Å². The van der Waals surface area contributed by atoms with Gasteiger partial charge in [-0.3, -0.25) is 14.4 Å². The second-order valence-electron chi connectivity index (χ2n) is 9.76. The maximum atomic E-state index is 14.9. The van der Waals surface area contributed by atoms with Gasteiger partial charge in [-0.15, -0.1) is 0 Å². The summed E-state index contributed by atoms with van der Waals surface area (Å²) < 4.78 is 35.3. The summed E-state index contributed by atoms with van der Waals surface area (Å²) in [6.07, 6.45) is 5.73. The van der Waals surface area contributed by atoms with Crippen molar-refractivity contribution in [1.29, 1.82) is 0 Å². The SMILES string of the molecule is O=C(Nc1cn2cc(Oc3ccc(NC(=O)C4(C(=O)Nc5ccc(F)cc5)CC4)cc3F)ccc2n1)C1CC1. The zero-order valence-electron chi connectivity index (χ0n) is 20.5. The molecule has 3 N–H and O–H groups in total. The van der Waals surface area contributed by atoms with Gasteiger partial charge in [0, 0.05) is 23.4 Å². The summed E-state index contributed by atoms with van der Waals surface area (Å²) in [6.45, 7) is 0. The highest BCUT2D eigenvalue weighted by atomic mass is 19.1. The summed E-state index contributed by atoms with van der Waals surface area (Å²) in [5, 5.41) is 8.02. The molecule has 6 rings (SSSR count). The summed E-state index contributed by atoms with van der Waals surface area (Å²) in [5.41, 5.74) is -0.130. The van der Waals surface area contributed by atoms with E-state index in [-0.39, 0.29) is 23.3 Å². The van der Waals surface area contributed by atoms with Crippen LogP contribution in [0.1, 0.15) is 25.7 Å². The number of ether oxygens (including phenoxy) is 1. The van der Waals surface area contributed by atoms with E-state index in [1.807, 2.05) is 0 Å². The first kappa shape index (κ1) is 24.5. The Kier molecular flexibility index (Phi) is 5.97. The van der Waals surface area contributed by atoms with Crippen LogP contribution in [0.4, 0.5) is 26.0 Å². The summed E-state index contributed by atoms with van der Waals surface area (Å²) in [6, 6.07) is 12.5. The second kappa shape index (κ2) is 9.50. The van der Waals surface area contributed by atoms with Crippen LogP contribution < -0.4 is 20.7 Å². The third-order valence-corrected chi connectivity index (χ3v) is 6.76. The van der Waals surface area contributed by atoms with E-state index in [0.29, 0.717) is 35.7 Å². The summed E-state index contributed by atoms with van der Waals surface area (Å²) >= 11 is 0. The minimum Gasteiger partial charge on any atom is -0.453 e. The number of carbonyl (C=O) groups excluding carboxylic acids is 3. The molecule has 9 nitrogen and oxygen atoms in total. The maximum Gasteiger partial charge on any atom is 0.240 e. The Morgan fingerprint density at radius 3 is 2.23 bits per heavy atom. The highest BCUT2D eigenvalue weighted by Crippen LogP contribution is 2.47. The van der Waals surface area contributed by atoms with Crippen LogP contribution in [-0.2, 0) is 14.4 Å². The molecule has 2 saturated carbocycles. The Bertz CT molecular complexity index is 1610. The van der Waals surface area contributed by atoms with Gasteiger partial charge in [-0.2, -0.15) is 0 Å². The molecule has 198 valence electrons. The standard InChI is InChI=1S/C28H23F2N5O4/c29-17-3-5-18(6-4-17)31-26(37)28(11-12-28)27(38)32-19-7-9-22(21(30)13-19)39-20-8-10-24-33-23(15-35(24)14-20)34-25(36)16-1-2-16/h3-10,13-16H,1-2,11-12H2,(H,31,37)(H,32,38)(H,34,36). The number of nitrogens with one attached hydrogen (secondary N) is 3. The Labute approximate surface area is 221 Å². The van der Waals surface area contributed by atoms with Crippen molar-refractivity contribution in [3.05, 3.63) is 78.6 Å². The first-order valence-corrected chi connectivity index (χ1v) is 12.4. The number of imidazole rings is 1. The van der Waals surface area contributed by atoms with Gasteiger partial charge >= 0.3 is 0 Å². The first-order valence-electron chi connectivity index (χ1n) is 12.4. The molecule has 2 fully saturated rings. The van der Waals surface area contributed by atoms with Gasteiger partial charge in [-0.05, 0) is 74.2 Å². The van der Waals surface area contributed by atoms with Gasteiger partial charge in [-0.1, -0.05) is 0 Å². The van der Waals surface area contributed by atoms with Gasteiger partial charge in [0.2, 0.25) is 17.7 Å². The molecule has 0 spiro atoms. The normalized spacial score (nSPS) is 15.4. The molecule has 39 heavy (non-hydrogen) atoms. The highest BCUT2D eigenvalue weighted by Gasteiger charge is 2.56. The molecule has 2 heterocycles. The van der Waals surface area contributed by atoms with Gasteiger partial charge in [0.1, 0.15) is 22.6 Å². The highest BCUT2D eigenvalue weighted by molar-refractivity contribution is 6.16. The van der Waals surface area contributed by atoms with Crippen LogP contribution in [0.5, 0.6) is 11.5 Å². The number of hydrogen-bond acceptors (Lipinski definition) is 5. The quantitative estimate of drug-likeness (QED) is 0.274. The molecule has 0 radical (unpaired) electrons. The van der Waals surface area contributed by atoms with E-state index >= 15 is 0 Å². The fourth-order valence-corrected chi connectivity index (χ4v) is 4.17. The number of aromatic nitrogens is 2. The number of hydrogen-bond donors (Lipinski definition) is 3. The van der Waals surface area contributed by atoms with E-state index in [1.54, 1.807) is 28.9 Å². The van der Waals surface area contributed by atoms with Crippen molar-refractivity contribution < 1.29 is 27.9 Å². The monoisotopic (exact) mass is 531 g/mol. The van der Waals surface area contributed by atoms with Crippen LogP contribution in [0.15, 0.2) is 67.0 Å². The van der Waals surface area contributed by atoms with Crippen molar-refractivity contribution in [2.24, 2.45) is 11.3 Å². The number of halogens is 2. The molecule has 0 aliphatic heterocycles. The number of pyridine rings is 1.